The average molecular weight is 369 g/mol. The van der Waals surface area contributed by atoms with Gasteiger partial charge in [-0.2, -0.15) is 0 Å². The van der Waals surface area contributed by atoms with Gasteiger partial charge in [0.1, 0.15) is 5.75 Å². The Morgan fingerprint density at radius 1 is 1.33 bits per heavy atom. The first-order chi connectivity index (χ1) is 11.7. The summed E-state index contributed by atoms with van der Waals surface area (Å²) in [6, 6.07) is 8.16. The molecule has 0 aliphatic carbocycles. The highest BCUT2D eigenvalue weighted by molar-refractivity contribution is 8.16. The van der Waals surface area contributed by atoms with Crippen molar-refractivity contribution in [3.63, 3.8) is 0 Å². The lowest BCUT2D eigenvalue weighted by atomic mass is 10.1. The lowest BCUT2D eigenvalue weighted by Crippen LogP contribution is -2.42. The Bertz CT molecular complexity index is 490. The molecule has 1 amide bonds. The van der Waals surface area contributed by atoms with Gasteiger partial charge >= 0.3 is 0 Å². The smallest absolute Gasteiger partial charge is 0.258 e. The Morgan fingerprint density at radius 2 is 2.04 bits per heavy atom. The zero-order valence-electron chi connectivity index (χ0n) is 14.3. The van der Waals surface area contributed by atoms with Crippen molar-refractivity contribution in [3.8, 4) is 5.75 Å². The number of amides is 1. The number of hydrogen-bond acceptors (Lipinski definition) is 5. The van der Waals surface area contributed by atoms with Crippen molar-refractivity contribution in [2.24, 2.45) is 5.73 Å². The lowest BCUT2D eigenvalue weighted by Gasteiger charge is -2.21. The Morgan fingerprint density at radius 3 is 2.67 bits per heavy atom. The monoisotopic (exact) mass is 368 g/mol. The number of unbranched alkanes of at least 4 members (excludes halogenated alkanes) is 1. The maximum Gasteiger partial charge on any atom is 0.258 e. The van der Waals surface area contributed by atoms with E-state index in [2.05, 4.69) is 24.4 Å². The van der Waals surface area contributed by atoms with Crippen LogP contribution in [0.15, 0.2) is 24.3 Å². The highest BCUT2D eigenvalue weighted by Gasteiger charge is 2.16. The summed E-state index contributed by atoms with van der Waals surface area (Å²) >= 11 is 4.00. The van der Waals surface area contributed by atoms with Crippen LogP contribution in [0.2, 0.25) is 0 Å². The van der Waals surface area contributed by atoms with E-state index >= 15 is 0 Å². The van der Waals surface area contributed by atoms with E-state index < -0.39 is 0 Å². The summed E-state index contributed by atoms with van der Waals surface area (Å²) in [5, 5.41) is 2.94. The molecule has 2 rings (SSSR count). The molecule has 1 aliphatic rings. The summed E-state index contributed by atoms with van der Waals surface area (Å²) in [4.78, 5) is 12.0. The van der Waals surface area contributed by atoms with Crippen molar-refractivity contribution >= 4 is 29.4 Å². The van der Waals surface area contributed by atoms with Crippen LogP contribution >= 0.6 is 23.5 Å². The second-order valence-corrected chi connectivity index (χ2v) is 8.65. The molecular weight excluding hydrogens is 340 g/mol. The number of benzene rings is 1. The Labute approximate surface area is 153 Å². The minimum atomic E-state index is -0.107. The van der Waals surface area contributed by atoms with Crippen LogP contribution in [0.3, 0.4) is 0 Å². The summed E-state index contributed by atoms with van der Waals surface area (Å²) in [5.74, 6) is 3.09. The first-order valence-electron chi connectivity index (χ1n) is 8.68. The Hall–Kier alpha value is -0.850. The third kappa shape index (κ3) is 6.57. The predicted molar refractivity (Wildman–Crippen MR) is 105 cm³/mol. The number of nitrogens with one attached hydrogen (secondary N) is 1. The molecular formula is C18H28N2O2S2. The van der Waals surface area contributed by atoms with Gasteiger partial charge in [-0.25, -0.2) is 0 Å². The van der Waals surface area contributed by atoms with E-state index in [0.29, 0.717) is 11.1 Å². The normalized spacial score (nSPS) is 16.6. The zero-order valence-corrected chi connectivity index (χ0v) is 16.0. The third-order valence-corrected chi connectivity index (χ3v) is 6.92. The highest BCUT2D eigenvalue weighted by atomic mass is 32.2. The van der Waals surface area contributed by atoms with E-state index in [4.69, 9.17) is 10.5 Å². The summed E-state index contributed by atoms with van der Waals surface area (Å²) in [6.45, 7) is 2.64. The first kappa shape index (κ1) is 19.5. The second-order valence-electron chi connectivity index (χ2n) is 5.93. The lowest BCUT2D eigenvalue weighted by molar-refractivity contribution is -0.123. The van der Waals surface area contributed by atoms with Crippen molar-refractivity contribution in [3.05, 3.63) is 29.8 Å². The molecule has 0 radical (unpaired) electrons. The molecule has 1 heterocycles. The van der Waals surface area contributed by atoms with Gasteiger partial charge in [0, 0.05) is 12.6 Å². The van der Waals surface area contributed by atoms with Gasteiger partial charge in [0.15, 0.2) is 6.61 Å². The molecule has 1 fully saturated rings. The van der Waals surface area contributed by atoms with Gasteiger partial charge in [-0.15, -0.1) is 23.5 Å². The Balaban J connectivity index is 1.75. The standard InChI is InChI=1S/C18H28N2O2S2/c1-2-3-5-15(12-19)20-17(21)13-22-16-8-6-14(7-9-16)18-23-10-4-11-24-18/h6-9,15,18H,2-5,10-13,19H2,1H3,(H,20,21). The van der Waals surface area contributed by atoms with Crippen LogP contribution in [0.25, 0.3) is 0 Å². The van der Waals surface area contributed by atoms with Crippen molar-refractivity contribution in [2.75, 3.05) is 24.7 Å². The Kier molecular flexibility index (Phi) is 8.84. The number of hydrogen-bond donors (Lipinski definition) is 2. The number of ether oxygens (including phenoxy) is 1. The second kappa shape index (κ2) is 10.9. The van der Waals surface area contributed by atoms with Gasteiger partial charge in [-0.3, -0.25) is 4.79 Å². The minimum absolute atomic E-state index is 0.0366. The van der Waals surface area contributed by atoms with Crippen molar-refractivity contribution in [2.45, 2.75) is 43.2 Å². The van der Waals surface area contributed by atoms with Gasteiger partial charge < -0.3 is 15.8 Å². The van der Waals surface area contributed by atoms with Crippen LogP contribution in [-0.4, -0.2) is 36.6 Å². The average Bonchev–Trinajstić information content (AvgIpc) is 2.64. The molecule has 24 heavy (non-hydrogen) atoms. The maximum absolute atomic E-state index is 12.0. The fourth-order valence-corrected chi connectivity index (χ4v) is 5.41. The molecule has 1 aromatic carbocycles. The first-order valence-corrected chi connectivity index (χ1v) is 10.8. The molecule has 1 unspecified atom stereocenters. The molecule has 4 nitrogen and oxygen atoms in total. The molecule has 1 saturated heterocycles. The highest BCUT2D eigenvalue weighted by Crippen LogP contribution is 2.43. The SMILES string of the molecule is CCCCC(CN)NC(=O)COc1ccc(C2SCCCS2)cc1. The zero-order chi connectivity index (χ0) is 17.2. The predicted octanol–water partition coefficient (Wildman–Crippen LogP) is 3.57. The molecule has 1 aromatic rings. The number of thioether (sulfide) groups is 2. The molecule has 0 aromatic heterocycles. The molecule has 0 bridgehead atoms. The summed E-state index contributed by atoms with van der Waals surface area (Å²) < 4.78 is 6.12. The minimum Gasteiger partial charge on any atom is -0.484 e. The fraction of sp³-hybridized carbons (Fsp3) is 0.611. The van der Waals surface area contributed by atoms with Crippen molar-refractivity contribution in [1.29, 1.82) is 0 Å². The van der Waals surface area contributed by atoms with Crippen LogP contribution in [-0.2, 0) is 4.79 Å². The van der Waals surface area contributed by atoms with Gasteiger partial charge in [0.2, 0.25) is 0 Å². The van der Waals surface area contributed by atoms with Crippen molar-refractivity contribution in [1.82, 2.24) is 5.32 Å². The van der Waals surface area contributed by atoms with E-state index in [1.165, 1.54) is 23.5 Å². The molecule has 0 saturated carbocycles. The molecule has 0 spiro atoms. The van der Waals surface area contributed by atoms with Crippen molar-refractivity contribution < 1.29 is 9.53 Å². The van der Waals surface area contributed by atoms with E-state index in [-0.39, 0.29) is 18.6 Å². The van der Waals surface area contributed by atoms with E-state index in [9.17, 15) is 4.79 Å². The number of rotatable bonds is 9. The molecule has 134 valence electrons. The molecule has 1 aliphatic heterocycles. The topological polar surface area (TPSA) is 64.3 Å². The van der Waals surface area contributed by atoms with E-state index in [1.54, 1.807) is 0 Å². The van der Waals surface area contributed by atoms with Gasteiger partial charge in [0.05, 0.1) is 4.58 Å². The largest absolute Gasteiger partial charge is 0.484 e. The van der Waals surface area contributed by atoms with Gasteiger partial charge in [-0.1, -0.05) is 31.9 Å². The summed E-state index contributed by atoms with van der Waals surface area (Å²) in [6.07, 6.45) is 4.39. The van der Waals surface area contributed by atoms with Gasteiger partial charge in [0.25, 0.3) is 5.91 Å². The molecule has 1 atom stereocenters. The van der Waals surface area contributed by atoms with Crippen LogP contribution in [0.1, 0.15) is 42.8 Å². The van der Waals surface area contributed by atoms with Crippen LogP contribution in [0, 0.1) is 0 Å². The van der Waals surface area contributed by atoms with Gasteiger partial charge in [-0.05, 0) is 42.0 Å². The fourth-order valence-electron chi connectivity index (χ4n) is 2.52. The quantitative estimate of drug-likeness (QED) is 0.698. The molecule has 3 N–H and O–H groups in total. The van der Waals surface area contributed by atoms with E-state index in [1.807, 2.05) is 35.7 Å². The summed E-state index contributed by atoms with van der Waals surface area (Å²) in [7, 11) is 0. The van der Waals surface area contributed by atoms with Crippen LogP contribution in [0.4, 0.5) is 0 Å². The number of carbonyl (C=O) groups is 1. The number of nitrogens with two attached hydrogens (primary N) is 1. The maximum atomic E-state index is 12.0. The number of carbonyl (C=O) groups excluding carboxylic acids is 1. The third-order valence-electron chi connectivity index (χ3n) is 3.91. The van der Waals surface area contributed by atoms with Crippen LogP contribution in [0.5, 0.6) is 5.75 Å². The van der Waals surface area contributed by atoms with Crippen LogP contribution < -0.4 is 15.8 Å². The summed E-state index contributed by atoms with van der Waals surface area (Å²) in [5.41, 5.74) is 7.02. The molecule has 6 heteroatoms. The van der Waals surface area contributed by atoms with E-state index in [0.717, 1.165) is 25.0 Å².